The summed E-state index contributed by atoms with van der Waals surface area (Å²) in [5.41, 5.74) is 4.99. The number of aromatic nitrogens is 1. The van der Waals surface area contributed by atoms with Crippen LogP contribution in [-0.2, 0) is 0 Å². The Morgan fingerprint density at radius 1 is 1.28 bits per heavy atom. The van der Waals surface area contributed by atoms with Gasteiger partial charge >= 0.3 is 0 Å². The summed E-state index contributed by atoms with van der Waals surface area (Å²) in [4.78, 5) is 5.55. The predicted molar refractivity (Wildman–Crippen MR) is 77.8 cm³/mol. The molecule has 0 spiro atoms. The van der Waals surface area contributed by atoms with Gasteiger partial charge in [-0.2, -0.15) is 0 Å². The summed E-state index contributed by atoms with van der Waals surface area (Å²) in [5.74, 6) is 5.70. The topological polar surface area (TPSA) is 50.9 Å². The third-order valence-corrected chi connectivity index (χ3v) is 5.04. The third-order valence-electron chi connectivity index (χ3n) is 2.88. The first-order valence-corrected chi connectivity index (χ1v) is 7.33. The summed E-state index contributed by atoms with van der Waals surface area (Å²) in [6.45, 7) is 1.98. The molecule has 0 fully saturated rings. The number of nitrogens with zero attached hydrogens (tertiary/aromatic N) is 1. The number of thiophene rings is 2. The molecule has 3 N–H and O–H groups in total. The van der Waals surface area contributed by atoms with E-state index >= 15 is 0 Å². The van der Waals surface area contributed by atoms with Gasteiger partial charge < -0.3 is 0 Å². The molecule has 0 amide bonds. The average molecular weight is 275 g/mol. The van der Waals surface area contributed by atoms with E-state index in [1.165, 1.54) is 14.3 Å². The number of pyridine rings is 1. The van der Waals surface area contributed by atoms with Crippen LogP contribution in [0.2, 0.25) is 0 Å². The smallest absolute Gasteiger partial charge is 0.0818 e. The highest BCUT2D eigenvalue weighted by atomic mass is 32.1. The Morgan fingerprint density at radius 2 is 2.17 bits per heavy atom. The lowest BCUT2D eigenvalue weighted by atomic mass is 10.1. The van der Waals surface area contributed by atoms with Gasteiger partial charge in [0.1, 0.15) is 0 Å². The molecule has 0 aliphatic carbocycles. The molecular weight excluding hydrogens is 262 g/mol. The van der Waals surface area contributed by atoms with Gasteiger partial charge in [-0.15, -0.1) is 22.7 Å². The molecule has 3 aromatic rings. The molecule has 5 heteroatoms. The lowest BCUT2D eigenvalue weighted by Crippen LogP contribution is -2.28. The summed E-state index contributed by atoms with van der Waals surface area (Å²) < 4.78 is 2.63. The Hall–Kier alpha value is -1.27. The van der Waals surface area contributed by atoms with Gasteiger partial charge in [-0.3, -0.25) is 10.8 Å². The van der Waals surface area contributed by atoms with Gasteiger partial charge in [0.05, 0.1) is 6.04 Å². The van der Waals surface area contributed by atoms with Crippen LogP contribution in [0.5, 0.6) is 0 Å². The average Bonchev–Trinajstić information content (AvgIpc) is 2.93. The molecule has 0 saturated heterocycles. The fourth-order valence-corrected chi connectivity index (χ4v) is 4.13. The van der Waals surface area contributed by atoms with E-state index in [2.05, 4.69) is 34.0 Å². The van der Waals surface area contributed by atoms with Crippen LogP contribution in [0.25, 0.3) is 9.40 Å². The van der Waals surface area contributed by atoms with E-state index in [9.17, 15) is 0 Å². The molecule has 0 aliphatic heterocycles. The zero-order chi connectivity index (χ0) is 12.5. The summed E-state index contributed by atoms with van der Waals surface area (Å²) >= 11 is 3.54. The Morgan fingerprint density at radius 3 is 2.83 bits per heavy atom. The SMILES string of the molecule is Cc1ccc(C(NN)c2cc3sccc3s2)cn1. The maximum atomic E-state index is 5.70. The molecule has 0 aromatic carbocycles. The minimum absolute atomic E-state index is 0.0164. The molecule has 0 saturated carbocycles. The van der Waals surface area contributed by atoms with Gasteiger partial charge in [0.2, 0.25) is 0 Å². The number of hydrogen-bond donors (Lipinski definition) is 2. The molecule has 3 nitrogen and oxygen atoms in total. The van der Waals surface area contributed by atoms with E-state index in [-0.39, 0.29) is 6.04 Å². The minimum atomic E-state index is 0.0164. The summed E-state index contributed by atoms with van der Waals surface area (Å²) in [6.07, 6.45) is 1.88. The highest BCUT2D eigenvalue weighted by Crippen LogP contribution is 2.35. The van der Waals surface area contributed by atoms with Crippen LogP contribution in [0.3, 0.4) is 0 Å². The normalized spacial score (nSPS) is 13.0. The van der Waals surface area contributed by atoms with Crippen LogP contribution in [-0.4, -0.2) is 4.98 Å². The lowest BCUT2D eigenvalue weighted by Gasteiger charge is -2.14. The Kier molecular flexibility index (Phi) is 3.13. The standard InChI is InChI=1S/C13H13N3S2/c1-8-2-3-9(7-15-8)13(16-14)12-6-11-10(18-12)4-5-17-11/h2-7,13,16H,14H2,1H3. The number of nitrogens with two attached hydrogens (primary N) is 1. The van der Waals surface area contributed by atoms with Crippen molar-refractivity contribution in [1.29, 1.82) is 0 Å². The lowest BCUT2D eigenvalue weighted by molar-refractivity contribution is 0.644. The van der Waals surface area contributed by atoms with Crippen LogP contribution in [0.4, 0.5) is 0 Å². The van der Waals surface area contributed by atoms with Crippen molar-refractivity contribution in [2.24, 2.45) is 5.84 Å². The monoisotopic (exact) mass is 275 g/mol. The van der Waals surface area contributed by atoms with Crippen LogP contribution >= 0.6 is 22.7 Å². The van der Waals surface area contributed by atoms with E-state index < -0.39 is 0 Å². The van der Waals surface area contributed by atoms with E-state index in [1.807, 2.05) is 19.2 Å². The fraction of sp³-hybridized carbons (Fsp3) is 0.154. The molecule has 1 unspecified atom stereocenters. The second kappa shape index (κ2) is 4.78. The Bertz CT molecular complexity index is 626. The first kappa shape index (κ1) is 11.8. The number of rotatable bonds is 3. The molecule has 1 atom stereocenters. The quantitative estimate of drug-likeness (QED) is 0.570. The minimum Gasteiger partial charge on any atom is -0.271 e. The summed E-state index contributed by atoms with van der Waals surface area (Å²) in [5, 5.41) is 2.11. The van der Waals surface area contributed by atoms with E-state index in [0.717, 1.165) is 11.3 Å². The Labute approximate surface area is 113 Å². The van der Waals surface area contributed by atoms with Crippen LogP contribution < -0.4 is 11.3 Å². The van der Waals surface area contributed by atoms with Crippen molar-refractivity contribution in [1.82, 2.24) is 10.4 Å². The van der Waals surface area contributed by atoms with Crippen LogP contribution in [0.1, 0.15) is 22.2 Å². The van der Waals surface area contributed by atoms with Gasteiger partial charge in [-0.25, -0.2) is 5.43 Å². The molecule has 3 heterocycles. The number of hydrazine groups is 1. The van der Waals surface area contributed by atoms with Gasteiger partial charge in [0.15, 0.2) is 0 Å². The van der Waals surface area contributed by atoms with Gasteiger partial charge in [-0.05, 0) is 36.1 Å². The van der Waals surface area contributed by atoms with Crippen molar-refractivity contribution in [2.75, 3.05) is 0 Å². The highest BCUT2D eigenvalue weighted by Gasteiger charge is 2.16. The number of fused-ring (bicyclic) bond motifs is 1. The second-order valence-electron chi connectivity index (χ2n) is 4.13. The van der Waals surface area contributed by atoms with Crippen molar-refractivity contribution >= 4 is 32.1 Å². The van der Waals surface area contributed by atoms with Crippen molar-refractivity contribution in [2.45, 2.75) is 13.0 Å². The van der Waals surface area contributed by atoms with Crippen LogP contribution in [0.15, 0.2) is 35.8 Å². The van der Waals surface area contributed by atoms with Crippen molar-refractivity contribution in [3.05, 3.63) is 52.0 Å². The first-order chi connectivity index (χ1) is 8.78. The fourth-order valence-electron chi connectivity index (χ4n) is 1.92. The molecular formula is C13H13N3S2. The van der Waals surface area contributed by atoms with Crippen molar-refractivity contribution in [3.8, 4) is 0 Å². The first-order valence-electron chi connectivity index (χ1n) is 5.63. The van der Waals surface area contributed by atoms with E-state index in [4.69, 9.17) is 5.84 Å². The third kappa shape index (κ3) is 2.06. The molecule has 0 aliphatic rings. The van der Waals surface area contributed by atoms with E-state index in [1.54, 1.807) is 22.7 Å². The molecule has 3 aromatic heterocycles. The molecule has 92 valence electrons. The zero-order valence-corrected chi connectivity index (χ0v) is 11.5. The molecule has 18 heavy (non-hydrogen) atoms. The number of nitrogens with one attached hydrogen (secondary N) is 1. The summed E-state index contributed by atoms with van der Waals surface area (Å²) in [7, 11) is 0. The largest absolute Gasteiger partial charge is 0.271 e. The second-order valence-corrected chi connectivity index (χ2v) is 6.19. The van der Waals surface area contributed by atoms with Gasteiger partial charge in [0, 0.05) is 26.2 Å². The molecule has 3 rings (SSSR count). The maximum Gasteiger partial charge on any atom is 0.0818 e. The van der Waals surface area contributed by atoms with Gasteiger partial charge in [-0.1, -0.05) is 6.07 Å². The predicted octanol–water partition coefficient (Wildman–Crippen LogP) is 3.22. The molecule has 0 radical (unpaired) electrons. The number of hydrogen-bond acceptors (Lipinski definition) is 5. The highest BCUT2D eigenvalue weighted by molar-refractivity contribution is 7.27. The van der Waals surface area contributed by atoms with Gasteiger partial charge in [0.25, 0.3) is 0 Å². The number of aryl methyl sites for hydroxylation is 1. The van der Waals surface area contributed by atoms with Crippen molar-refractivity contribution < 1.29 is 0 Å². The summed E-state index contributed by atoms with van der Waals surface area (Å²) in [6, 6.07) is 8.45. The maximum absolute atomic E-state index is 5.70. The van der Waals surface area contributed by atoms with Crippen molar-refractivity contribution in [3.63, 3.8) is 0 Å². The van der Waals surface area contributed by atoms with Crippen LogP contribution in [0, 0.1) is 6.92 Å². The zero-order valence-electron chi connectivity index (χ0n) is 9.88. The van der Waals surface area contributed by atoms with E-state index in [0.29, 0.717) is 0 Å². The Balaban J connectivity index is 2.01. The molecule has 0 bridgehead atoms.